The van der Waals surface area contributed by atoms with Crippen molar-refractivity contribution in [3.63, 3.8) is 0 Å². The van der Waals surface area contributed by atoms with Crippen LogP contribution in [0.15, 0.2) is 66.9 Å². The van der Waals surface area contributed by atoms with Crippen LogP contribution in [-0.4, -0.2) is 5.78 Å². The van der Waals surface area contributed by atoms with Crippen molar-refractivity contribution in [2.45, 2.75) is 6.92 Å². The van der Waals surface area contributed by atoms with E-state index in [9.17, 15) is 9.59 Å². The molecule has 27 heavy (non-hydrogen) atoms. The van der Waals surface area contributed by atoms with E-state index in [2.05, 4.69) is 0 Å². The number of rotatable bonds is 3. The van der Waals surface area contributed by atoms with Gasteiger partial charge in [0.15, 0.2) is 5.76 Å². The van der Waals surface area contributed by atoms with Gasteiger partial charge in [-0.25, -0.2) is 4.79 Å². The summed E-state index contributed by atoms with van der Waals surface area (Å²) in [6.07, 6.45) is 0. The summed E-state index contributed by atoms with van der Waals surface area (Å²) in [5.74, 6) is 0.0966. The van der Waals surface area contributed by atoms with E-state index in [0.717, 1.165) is 15.8 Å². The van der Waals surface area contributed by atoms with Crippen molar-refractivity contribution in [1.29, 1.82) is 0 Å². The van der Waals surface area contributed by atoms with Crippen molar-refractivity contribution in [3.05, 3.63) is 79.8 Å². The number of carbonyl (C=O) groups is 1. The SMILES string of the molecule is Cc1cc(=O)oc2c1ccc1oc(C(=O)c3cccs3)c(-c3cccs3)c12. The average molecular weight is 392 g/mol. The first-order chi connectivity index (χ1) is 13.1. The fourth-order valence-electron chi connectivity index (χ4n) is 3.30. The molecule has 4 heterocycles. The largest absolute Gasteiger partial charge is 0.452 e. The number of carbonyl (C=O) groups excluding carboxylic acids is 1. The summed E-state index contributed by atoms with van der Waals surface area (Å²) in [7, 11) is 0. The molecule has 0 aliphatic heterocycles. The van der Waals surface area contributed by atoms with Crippen LogP contribution < -0.4 is 5.63 Å². The van der Waals surface area contributed by atoms with Gasteiger partial charge in [-0.1, -0.05) is 12.1 Å². The molecular formula is C21H12O4S2. The second-order valence-corrected chi connectivity index (χ2v) is 8.05. The van der Waals surface area contributed by atoms with E-state index in [4.69, 9.17) is 8.83 Å². The van der Waals surface area contributed by atoms with Gasteiger partial charge in [-0.05, 0) is 47.5 Å². The highest BCUT2D eigenvalue weighted by molar-refractivity contribution is 7.14. The Morgan fingerprint density at radius 1 is 1.00 bits per heavy atom. The normalized spacial score (nSPS) is 11.4. The lowest BCUT2D eigenvalue weighted by Gasteiger charge is -2.03. The lowest BCUT2D eigenvalue weighted by molar-refractivity contribution is 0.102. The van der Waals surface area contributed by atoms with E-state index < -0.39 is 5.63 Å². The molecule has 5 aromatic rings. The number of fused-ring (bicyclic) bond motifs is 3. The van der Waals surface area contributed by atoms with E-state index in [-0.39, 0.29) is 11.5 Å². The molecule has 6 heteroatoms. The molecule has 0 unspecified atom stereocenters. The minimum atomic E-state index is -0.419. The van der Waals surface area contributed by atoms with Gasteiger partial charge in [0.2, 0.25) is 5.78 Å². The van der Waals surface area contributed by atoms with Gasteiger partial charge in [-0.2, -0.15) is 0 Å². The highest BCUT2D eigenvalue weighted by Gasteiger charge is 2.26. The predicted molar refractivity (Wildman–Crippen MR) is 108 cm³/mol. The number of thiophene rings is 2. The lowest BCUT2D eigenvalue weighted by atomic mass is 10.0. The Labute approximate surface area is 161 Å². The van der Waals surface area contributed by atoms with Gasteiger partial charge in [-0.15, -0.1) is 22.7 Å². The maximum Gasteiger partial charge on any atom is 0.336 e. The third kappa shape index (κ3) is 2.49. The summed E-state index contributed by atoms with van der Waals surface area (Å²) < 4.78 is 11.6. The summed E-state index contributed by atoms with van der Waals surface area (Å²) in [6.45, 7) is 1.87. The highest BCUT2D eigenvalue weighted by atomic mass is 32.1. The molecule has 1 aromatic carbocycles. The van der Waals surface area contributed by atoms with E-state index in [1.165, 1.54) is 28.7 Å². The molecule has 0 saturated carbocycles. The van der Waals surface area contributed by atoms with E-state index in [1.807, 2.05) is 48.0 Å². The molecule has 0 aliphatic carbocycles. The zero-order valence-electron chi connectivity index (χ0n) is 14.1. The minimum absolute atomic E-state index is 0.173. The molecule has 4 aromatic heterocycles. The molecular weight excluding hydrogens is 380 g/mol. The van der Waals surface area contributed by atoms with Gasteiger partial charge < -0.3 is 8.83 Å². The van der Waals surface area contributed by atoms with Crippen LogP contribution in [0.5, 0.6) is 0 Å². The summed E-state index contributed by atoms with van der Waals surface area (Å²) in [5, 5.41) is 5.30. The van der Waals surface area contributed by atoms with Crippen molar-refractivity contribution >= 4 is 50.4 Å². The van der Waals surface area contributed by atoms with Gasteiger partial charge in [0.25, 0.3) is 0 Å². The van der Waals surface area contributed by atoms with Crippen LogP contribution in [-0.2, 0) is 0 Å². The minimum Gasteiger partial charge on any atom is -0.452 e. The van der Waals surface area contributed by atoms with Crippen LogP contribution in [0.1, 0.15) is 21.0 Å². The van der Waals surface area contributed by atoms with Crippen molar-refractivity contribution in [2.24, 2.45) is 0 Å². The Balaban J connectivity index is 1.94. The molecule has 5 rings (SSSR count). The van der Waals surface area contributed by atoms with E-state index >= 15 is 0 Å². The fourth-order valence-corrected chi connectivity index (χ4v) is 4.73. The van der Waals surface area contributed by atoms with Crippen LogP contribution in [0.25, 0.3) is 32.4 Å². The van der Waals surface area contributed by atoms with Gasteiger partial charge in [-0.3, -0.25) is 4.79 Å². The summed E-state index contributed by atoms with van der Waals surface area (Å²) in [4.78, 5) is 26.6. The van der Waals surface area contributed by atoms with Crippen molar-refractivity contribution < 1.29 is 13.6 Å². The number of benzene rings is 1. The molecule has 0 saturated heterocycles. The summed E-state index contributed by atoms with van der Waals surface area (Å²) in [5.41, 5.74) is 2.07. The topological polar surface area (TPSA) is 60.4 Å². The second-order valence-electron chi connectivity index (χ2n) is 6.15. The first kappa shape index (κ1) is 16.2. The number of furan rings is 1. The van der Waals surface area contributed by atoms with Crippen molar-refractivity contribution in [3.8, 4) is 10.4 Å². The molecule has 0 bridgehead atoms. The Hall–Kier alpha value is -2.96. The summed E-state index contributed by atoms with van der Waals surface area (Å²) in [6, 6.07) is 12.6. The fraction of sp³-hybridized carbons (Fsp3) is 0.0476. The van der Waals surface area contributed by atoms with Crippen LogP contribution in [0, 0.1) is 6.92 Å². The van der Waals surface area contributed by atoms with Crippen LogP contribution in [0.2, 0.25) is 0 Å². The standard InChI is InChI=1S/C21H12O4S2/c1-11-10-16(22)25-20-12(11)6-7-13-17(20)18(14-4-2-8-26-14)21(24-13)19(23)15-5-3-9-27-15/h2-10H,1H3. The van der Waals surface area contributed by atoms with Gasteiger partial charge in [0.1, 0.15) is 11.2 Å². The Bertz CT molecular complexity index is 1350. The second kappa shape index (κ2) is 6.04. The Kier molecular flexibility index (Phi) is 3.63. The van der Waals surface area contributed by atoms with Crippen LogP contribution in [0.4, 0.5) is 0 Å². The maximum absolute atomic E-state index is 13.1. The van der Waals surface area contributed by atoms with Gasteiger partial charge in [0, 0.05) is 16.3 Å². The first-order valence-electron chi connectivity index (χ1n) is 8.25. The lowest BCUT2D eigenvalue weighted by Crippen LogP contribution is -1.99. The first-order valence-corrected chi connectivity index (χ1v) is 10.0. The molecule has 0 N–H and O–H groups in total. The molecule has 0 spiro atoms. The summed E-state index contributed by atoms with van der Waals surface area (Å²) >= 11 is 2.88. The molecule has 0 radical (unpaired) electrons. The van der Waals surface area contributed by atoms with Crippen molar-refractivity contribution in [1.82, 2.24) is 0 Å². The predicted octanol–water partition coefficient (Wildman–Crippen LogP) is 5.87. The highest BCUT2D eigenvalue weighted by Crippen LogP contribution is 2.42. The molecule has 0 atom stereocenters. The monoisotopic (exact) mass is 392 g/mol. The zero-order chi connectivity index (χ0) is 18.5. The smallest absolute Gasteiger partial charge is 0.336 e. The zero-order valence-corrected chi connectivity index (χ0v) is 15.8. The van der Waals surface area contributed by atoms with Gasteiger partial charge >= 0.3 is 5.63 Å². The Morgan fingerprint density at radius 2 is 1.81 bits per heavy atom. The number of ketones is 1. The number of hydrogen-bond acceptors (Lipinski definition) is 6. The van der Waals surface area contributed by atoms with Crippen LogP contribution >= 0.6 is 22.7 Å². The van der Waals surface area contributed by atoms with Crippen molar-refractivity contribution in [2.75, 3.05) is 0 Å². The Morgan fingerprint density at radius 3 is 2.56 bits per heavy atom. The molecule has 4 nitrogen and oxygen atoms in total. The quantitative estimate of drug-likeness (QED) is 0.285. The van der Waals surface area contributed by atoms with Gasteiger partial charge in [0.05, 0.1) is 15.8 Å². The number of aryl methyl sites for hydroxylation is 1. The molecule has 0 amide bonds. The third-order valence-corrected chi connectivity index (χ3v) is 6.25. The molecule has 0 aliphatic rings. The van der Waals surface area contributed by atoms with E-state index in [0.29, 0.717) is 27.0 Å². The van der Waals surface area contributed by atoms with E-state index in [1.54, 1.807) is 6.07 Å². The third-order valence-electron chi connectivity index (χ3n) is 4.49. The average Bonchev–Trinajstić information content (AvgIpc) is 3.39. The molecule has 0 fully saturated rings. The molecule has 132 valence electrons. The maximum atomic E-state index is 13.1. The number of hydrogen-bond donors (Lipinski definition) is 0. The van der Waals surface area contributed by atoms with Crippen LogP contribution in [0.3, 0.4) is 0 Å².